The van der Waals surface area contributed by atoms with Crippen LogP contribution in [0.3, 0.4) is 0 Å². The Morgan fingerprint density at radius 1 is 1.33 bits per heavy atom. The van der Waals surface area contributed by atoms with Crippen LogP contribution in [0.15, 0.2) is 35.1 Å². The Hall–Kier alpha value is -2.14. The molecule has 0 saturated heterocycles. The molecule has 1 aromatic heterocycles. The Kier molecular flexibility index (Phi) is 3.43. The molecule has 0 amide bonds. The maximum Gasteiger partial charge on any atom is 0.268 e. The zero-order chi connectivity index (χ0) is 13.1. The number of aromatic amines is 1. The number of H-pyrrole nitrogens is 1. The highest BCUT2D eigenvalue weighted by atomic mass is 16.5. The molecule has 0 aliphatic carbocycles. The molecule has 1 unspecified atom stereocenters. The van der Waals surface area contributed by atoms with Gasteiger partial charge in [-0.1, -0.05) is 0 Å². The van der Waals surface area contributed by atoms with Crippen molar-refractivity contribution >= 4 is 0 Å². The molecule has 0 bridgehead atoms. The van der Waals surface area contributed by atoms with E-state index in [0.717, 1.165) is 11.3 Å². The van der Waals surface area contributed by atoms with Gasteiger partial charge in [0.1, 0.15) is 5.75 Å². The molecule has 1 aromatic carbocycles. The Morgan fingerprint density at radius 2 is 2.00 bits per heavy atom. The number of methoxy groups -OCH3 is 1. The average Bonchev–Trinajstić information content (AvgIpc) is 2.39. The molecule has 1 atom stereocenters. The van der Waals surface area contributed by atoms with Gasteiger partial charge in [0.2, 0.25) is 0 Å². The summed E-state index contributed by atoms with van der Waals surface area (Å²) in [6, 6.07) is 8.83. The molecule has 1 heterocycles. The summed E-state index contributed by atoms with van der Waals surface area (Å²) >= 11 is 0. The van der Waals surface area contributed by atoms with Crippen molar-refractivity contribution in [2.45, 2.75) is 13.0 Å². The normalized spacial score (nSPS) is 12.2. The topological polar surface area (TPSA) is 81.0 Å². The van der Waals surface area contributed by atoms with Crippen LogP contribution in [0.2, 0.25) is 0 Å². The molecule has 18 heavy (non-hydrogen) atoms. The molecule has 0 aliphatic rings. The third kappa shape index (κ3) is 2.41. The predicted molar refractivity (Wildman–Crippen MR) is 69.4 cm³/mol. The number of nitrogens with zero attached hydrogens (tertiary/aromatic N) is 1. The zero-order valence-electron chi connectivity index (χ0n) is 10.3. The van der Waals surface area contributed by atoms with Crippen LogP contribution >= 0.6 is 0 Å². The van der Waals surface area contributed by atoms with Crippen LogP contribution in [0.1, 0.15) is 18.5 Å². The number of benzene rings is 1. The van der Waals surface area contributed by atoms with Crippen LogP contribution in [-0.4, -0.2) is 17.3 Å². The molecule has 2 rings (SSSR count). The van der Waals surface area contributed by atoms with Crippen LogP contribution in [0.4, 0.5) is 0 Å². The lowest BCUT2D eigenvalue weighted by Crippen LogP contribution is -2.20. The summed E-state index contributed by atoms with van der Waals surface area (Å²) in [5, 5.41) is 6.47. The van der Waals surface area contributed by atoms with E-state index in [4.69, 9.17) is 10.5 Å². The summed E-state index contributed by atoms with van der Waals surface area (Å²) in [6.45, 7) is 1.77. The Balaban J connectivity index is 2.44. The van der Waals surface area contributed by atoms with Gasteiger partial charge in [-0.3, -0.25) is 4.79 Å². The summed E-state index contributed by atoms with van der Waals surface area (Å²) in [5.41, 5.74) is 7.60. The Labute approximate surface area is 105 Å². The van der Waals surface area contributed by atoms with Gasteiger partial charge in [-0.2, -0.15) is 5.10 Å². The second-order valence-corrected chi connectivity index (χ2v) is 4.05. The van der Waals surface area contributed by atoms with E-state index in [0.29, 0.717) is 11.3 Å². The molecular formula is C13H15N3O2. The molecule has 0 spiro atoms. The second kappa shape index (κ2) is 5.01. The quantitative estimate of drug-likeness (QED) is 0.857. The van der Waals surface area contributed by atoms with Gasteiger partial charge in [0.05, 0.1) is 12.8 Å². The van der Waals surface area contributed by atoms with Gasteiger partial charge >= 0.3 is 0 Å². The van der Waals surface area contributed by atoms with Crippen LogP contribution in [-0.2, 0) is 0 Å². The zero-order valence-corrected chi connectivity index (χ0v) is 10.3. The highest BCUT2D eigenvalue weighted by molar-refractivity contribution is 5.60. The SMILES string of the molecule is COc1ccc(-c2cc(C(C)N)c(=O)[nH]n2)cc1. The number of nitrogens with one attached hydrogen (secondary N) is 1. The minimum atomic E-state index is -0.325. The number of hydrogen-bond acceptors (Lipinski definition) is 4. The van der Waals surface area contributed by atoms with Gasteiger partial charge in [0.15, 0.2) is 0 Å². The molecule has 2 aromatic rings. The van der Waals surface area contributed by atoms with Crippen molar-refractivity contribution in [2.24, 2.45) is 5.73 Å². The molecule has 0 radical (unpaired) electrons. The predicted octanol–water partition coefficient (Wildman–Crippen LogP) is 1.47. The molecule has 5 nitrogen and oxygen atoms in total. The first-order valence-corrected chi connectivity index (χ1v) is 5.61. The molecule has 5 heteroatoms. The van der Waals surface area contributed by atoms with Gasteiger partial charge in [0, 0.05) is 17.2 Å². The Morgan fingerprint density at radius 3 is 2.56 bits per heavy atom. The van der Waals surface area contributed by atoms with Crippen LogP contribution in [0.5, 0.6) is 5.75 Å². The van der Waals surface area contributed by atoms with Crippen molar-refractivity contribution in [1.82, 2.24) is 10.2 Å². The van der Waals surface area contributed by atoms with E-state index in [2.05, 4.69) is 10.2 Å². The largest absolute Gasteiger partial charge is 0.497 e. The fraction of sp³-hybridized carbons (Fsp3) is 0.231. The third-order valence-corrected chi connectivity index (χ3v) is 2.71. The Bertz CT molecular complexity index is 588. The van der Waals surface area contributed by atoms with Crippen molar-refractivity contribution in [3.63, 3.8) is 0 Å². The van der Waals surface area contributed by atoms with E-state index < -0.39 is 0 Å². The van der Waals surface area contributed by atoms with Crippen LogP contribution < -0.4 is 16.0 Å². The highest BCUT2D eigenvalue weighted by Gasteiger charge is 2.08. The fourth-order valence-corrected chi connectivity index (χ4v) is 1.67. The third-order valence-electron chi connectivity index (χ3n) is 2.71. The summed E-state index contributed by atoms with van der Waals surface area (Å²) in [6.07, 6.45) is 0. The first-order valence-electron chi connectivity index (χ1n) is 5.61. The molecule has 3 N–H and O–H groups in total. The number of rotatable bonds is 3. The van der Waals surface area contributed by atoms with Gasteiger partial charge in [0.25, 0.3) is 5.56 Å². The standard InChI is InChI=1S/C13H15N3O2/c1-8(14)11-7-12(15-16-13(11)17)9-3-5-10(18-2)6-4-9/h3-8H,14H2,1-2H3,(H,16,17). The number of ether oxygens (including phenoxy) is 1. The minimum Gasteiger partial charge on any atom is -0.497 e. The lowest BCUT2D eigenvalue weighted by Gasteiger charge is -2.07. The second-order valence-electron chi connectivity index (χ2n) is 4.05. The maximum absolute atomic E-state index is 11.5. The monoisotopic (exact) mass is 245 g/mol. The minimum absolute atomic E-state index is 0.248. The van der Waals surface area contributed by atoms with E-state index >= 15 is 0 Å². The van der Waals surface area contributed by atoms with Gasteiger partial charge in [-0.25, -0.2) is 5.10 Å². The number of aromatic nitrogens is 2. The van der Waals surface area contributed by atoms with E-state index in [1.54, 1.807) is 20.1 Å². The number of nitrogens with two attached hydrogens (primary N) is 1. The van der Waals surface area contributed by atoms with Crippen molar-refractivity contribution in [3.05, 3.63) is 46.2 Å². The van der Waals surface area contributed by atoms with Crippen molar-refractivity contribution in [2.75, 3.05) is 7.11 Å². The van der Waals surface area contributed by atoms with Crippen LogP contribution in [0.25, 0.3) is 11.3 Å². The maximum atomic E-state index is 11.5. The molecule has 0 fully saturated rings. The lowest BCUT2D eigenvalue weighted by molar-refractivity contribution is 0.415. The highest BCUT2D eigenvalue weighted by Crippen LogP contribution is 2.20. The van der Waals surface area contributed by atoms with E-state index in [1.165, 1.54) is 0 Å². The summed E-state index contributed by atoms with van der Waals surface area (Å²) in [5.74, 6) is 0.774. The van der Waals surface area contributed by atoms with Crippen molar-refractivity contribution in [1.29, 1.82) is 0 Å². The van der Waals surface area contributed by atoms with Crippen molar-refractivity contribution in [3.8, 4) is 17.0 Å². The molecular weight excluding hydrogens is 230 g/mol. The summed E-state index contributed by atoms with van der Waals surface area (Å²) < 4.78 is 5.09. The summed E-state index contributed by atoms with van der Waals surface area (Å²) in [4.78, 5) is 11.5. The van der Waals surface area contributed by atoms with Crippen molar-refractivity contribution < 1.29 is 4.74 Å². The summed E-state index contributed by atoms with van der Waals surface area (Å²) in [7, 11) is 1.61. The van der Waals surface area contributed by atoms with Gasteiger partial charge < -0.3 is 10.5 Å². The number of hydrogen-bond donors (Lipinski definition) is 2. The average molecular weight is 245 g/mol. The first-order chi connectivity index (χ1) is 8.61. The first kappa shape index (κ1) is 12.3. The van der Waals surface area contributed by atoms with E-state index in [-0.39, 0.29) is 11.6 Å². The molecule has 0 aliphatic heterocycles. The molecule has 0 saturated carbocycles. The van der Waals surface area contributed by atoms with E-state index in [9.17, 15) is 4.79 Å². The lowest BCUT2D eigenvalue weighted by atomic mass is 10.1. The van der Waals surface area contributed by atoms with Crippen LogP contribution in [0, 0.1) is 0 Å². The van der Waals surface area contributed by atoms with Gasteiger partial charge in [-0.15, -0.1) is 0 Å². The molecule has 94 valence electrons. The van der Waals surface area contributed by atoms with E-state index in [1.807, 2.05) is 24.3 Å². The smallest absolute Gasteiger partial charge is 0.268 e. The van der Waals surface area contributed by atoms with Gasteiger partial charge in [-0.05, 0) is 37.3 Å². The fourth-order valence-electron chi connectivity index (χ4n) is 1.67.